The molecule has 4 aromatic rings. The van der Waals surface area contributed by atoms with Gasteiger partial charge in [-0.1, -0.05) is 24.8 Å². The Bertz CT molecular complexity index is 1610. The first-order chi connectivity index (χ1) is 19.1. The van der Waals surface area contributed by atoms with E-state index in [-0.39, 0.29) is 22.7 Å². The lowest BCUT2D eigenvalue weighted by Gasteiger charge is -2.24. The molecule has 2 atom stereocenters. The van der Waals surface area contributed by atoms with E-state index in [0.29, 0.717) is 24.3 Å². The Hall–Kier alpha value is -4.51. The summed E-state index contributed by atoms with van der Waals surface area (Å²) in [5.74, 6) is 1.28. The zero-order valence-electron chi connectivity index (χ0n) is 22.1. The summed E-state index contributed by atoms with van der Waals surface area (Å²) in [4.78, 5) is 12.7. The molecule has 8 rings (SSSR count). The third-order valence-corrected chi connectivity index (χ3v) is 9.42. The van der Waals surface area contributed by atoms with Crippen LogP contribution in [0, 0.1) is 10.8 Å². The predicted molar refractivity (Wildman–Crippen MR) is 153 cm³/mol. The molecule has 5 nitrogen and oxygen atoms in total. The number of ketones is 1. The highest BCUT2D eigenvalue weighted by molar-refractivity contribution is 6.06. The Morgan fingerprint density at radius 1 is 0.475 bits per heavy atom. The first-order valence-electron chi connectivity index (χ1n) is 13.6. The number of allylic oxidation sites excluding steroid dienone is 1. The molecule has 4 aromatic carbocycles. The van der Waals surface area contributed by atoms with Gasteiger partial charge in [-0.05, 0) is 138 Å². The largest absolute Gasteiger partial charge is 0.508 e. The van der Waals surface area contributed by atoms with E-state index in [4.69, 9.17) is 0 Å². The quantitative estimate of drug-likeness (QED) is 0.221. The van der Waals surface area contributed by atoms with Crippen molar-refractivity contribution in [3.05, 3.63) is 124 Å². The van der Waals surface area contributed by atoms with Crippen LogP contribution in [-0.2, 0) is 38.5 Å². The molecule has 4 N–H and O–H groups in total. The van der Waals surface area contributed by atoms with Gasteiger partial charge in [0.2, 0.25) is 0 Å². The summed E-state index contributed by atoms with van der Waals surface area (Å²) in [5.41, 5.74) is 9.58. The fourth-order valence-electron chi connectivity index (χ4n) is 7.56. The first kappa shape index (κ1) is 24.5. The highest BCUT2D eigenvalue weighted by Crippen LogP contribution is 2.54. The molecular weight excluding hydrogens is 500 g/mol. The van der Waals surface area contributed by atoms with Crippen LogP contribution in [0.15, 0.2) is 79.4 Å². The molecule has 0 aliphatic heterocycles. The maximum Gasteiger partial charge on any atom is 0.170 e. The van der Waals surface area contributed by atoms with Crippen LogP contribution < -0.4 is 0 Å². The average molecular weight is 531 g/mol. The summed E-state index contributed by atoms with van der Waals surface area (Å²) in [6.07, 6.45) is 4.87. The molecule has 2 spiro atoms. The zero-order chi connectivity index (χ0) is 27.8. The van der Waals surface area contributed by atoms with Crippen molar-refractivity contribution in [1.29, 1.82) is 0 Å². The van der Waals surface area contributed by atoms with E-state index in [9.17, 15) is 25.2 Å². The van der Waals surface area contributed by atoms with Gasteiger partial charge in [-0.25, -0.2) is 0 Å². The molecular formula is C35H30O5. The Kier molecular flexibility index (Phi) is 5.21. The normalized spacial score (nSPS) is 23.1. The van der Waals surface area contributed by atoms with E-state index in [1.165, 1.54) is 27.8 Å². The SMILES string of the molecule is C=C1c2ccc(O)cc2CC12Cc1ccc(O)cc1C2.O=C1c2ccc(O)cc2CC12Cc1ccc(O)cc1C2. The van der Waals surface area contributed by atoms with Crippen LogP contribution in [0.5, 0.6) is 23.0 Å². The minimum Gasteiger partial charge on any atom is -0.508 e. The molecule has 0 saturated heterocycles. The maximum atomic E-state index is 12.7. The van der Waals surface area contributed by atoms with Gasteiger partial charge >= 0.3 is 0 Å². The molecule has 0 aromatic heterocycles. The van der Waals surface area contributed by atoms with Crippen LogP contribution in [0.1, 0.15) is 49.3 Å². The summed E-state index contributed by atoms with van der Waals surface area (Å²) in [5, 5.41) is 38.5. The number of carbonyl (C=O) groups is 1. The minimum atomic E-state index is -0.410. The predicted octanol–water partition coefficient (Wildman–Crippen LogP) is 6.07. The lowest BCUT2D eigenvalue weighted by molar-refractivity contribution is 0.0831. The van der Waals surface area contributed by atoms with E-state index in [1.807, 2.05) is 30.3 Å². The van der Waals surface area contributed by atoms with E-state index < -0.39 is 5.41 Å². The van der Waals surface area contributed by atoms with Crippen LogP contribution in [0.2, 0.25) is 0 Å². The number of fused-ring (bicyclic) bond motifs is 4. The Balaban J connectivity index is 0.000000132. The van der Waals surface area contributed by atoms with Crippen LogP contribution in [0.25, 0.3) is 5.57 Å². The summed E-state index contributed by atoms with van der Waals surface area (Å²) in [6.45, 7) is 4.32. The van der Waals surface area contributed by atoms with E-state index in [0.717, 1.165) is 47.9 Å². The molecule has 4 aliphatic rings. The first-order valence-corrected chi connectivity index (χ1v) is 13.6. The Labute approximate surface area is 232 Å². The zero-order valence-corrected chi connectivity index (χ0v) is 22.1. The third kappa shape index (κ3) is 3.72. The molecule has 4 aliphatic carbocycles. The number of phenols is 4. The molecule has 0 heterocycles. The van der Waals surface area contributed by atoms with Crippen molar-refractivity contribution in [3.63, 3.8) is 0 Å². The number of rotatable bonds is 0. The Morgan fingerprint density at radius 3 is 1.45 bits per heavy atom. The van der Waals surface area contributed by atoms with E-state index in [1.54, 1.807) is 42.5 Å². The fraction of sp³-hybridized carbons (Fsp3) is 0.229. The monoisotopic (exact) mass is 530 g/mol. The summed E-state index contributed by atoms with van der Waals surface area (Å²) >= 11 is 0. The fourth-order valence-corrected chi connectivity index (χ4v) is 7.56. The van der Waals surface area contributed by atoms with Crippen LogP contribution in [-0.4, -0.2) is 26.2 Å². The van der Waals surface area contributed by atoms with E-state index >= 15 is 0 Å². The summed E-state index contributed by atoms with van der Waals surface area (Å²) < 4.78 is 0. The second-order valence-corrected chi connectivity index (χ2v) is 12.0. The van der Waals surface area contributed by atoms with Gasteiger partial charge in [-0.15, -0.1) is 0 Å². The number of hydrogen-bond acceptors (Lipinski definition) is 5. The van der Waals surface area contributed by atoms with Gasteiger partial charge in [0.1, 0.15) is 23.0 Å². The van der Waals surface area contributed by atoms with Crippen molar-refractivity contribution < 1.29 is 25.2 Å². The number of carbonyl (C=O) groups excluding carboxylic acids is 1. The van der Waals surface area contributed by atoms with Crippen LogP contribution >= 0.6 is 0 Å². The average Bonchev–Trinajstić information content (AvgIpc) is 3.60. The van der Waals surface area contributed by atoms with Crippen molar-refractivity contribution >= 4 is 11.4 Å². The number of Topliss-reactive ketones (excluding diaryl/α,β-unsaturated/α-hetero) is 1. The van der Waals surface area contributed by atoms with Gasteiger partial charge < -0.3 is 20.4 Å². The lowest BCUT2D eigenvalue weighted by Crippen LogP contribution is -2.28. The standard InChI is InChI=1S/C18H16O2.C17H14O3/c1-11-17-5-4-16(20)7-14(17)10-18(11)8-12-2-3-15(19)6-13(12)9-18;18-13-2-1-10-7-17(8-11(10)5-13)9-12-6-14(19)3-4-15(12)16(17)20/h2-7,19-20H,1,8-10H2;1-6,18-19H,7-9H2. The van der Waals surface area contributed by atoms with Gasteiger partial charge in [0.05, 0.1) is 0 Å². The van der Waals surface area contributed by atoms with Gasteiger partial charge in [0.25, 0.3) is 0 Å². The number of benzene rings is 4. The molecule has 0 radical (unpaired) electrons. The van der Waals surface area contributed by atoms with Crippen LogP contribution in [0.4, 0.5) is 0 Å². The highest BCUT2D eigenvalue weighted by Gasteiger charge is 2.49. The van der Waals surface area contributed by atoms with Crippen LogP contribution in [0.3, 0.4) is 0 Å². The smallest absolute Gasteiger partial charge is 0.170 e. The lowest BCUT2D eigenvalue weighted by atomic mass is 9.78. The highest BCUT2D eigenvalue weighted by atomic mass is 16.3. The van der Waals surface area contributed by atoms with Crippen molar-refractivity contribution in [3.8, 4) is 23.0 Å². The molecule has 0 bridgehead atoms. The second kappa shape index (κ2) is 8.49. The van der Waals surface area contributed by atoms with Gasteiger partial charge in [0, 0.05) is 16.4 Å². The van der Waals surface area contributed by atoms with Gasteiger partial charge in [-0.2, -0.15) is 0 Å². The van der Waals surface area contributed by atoms with Gasteiger partial charge in [0.15, 0.2) is 5.78 Å². The van der Waals surface area contributed by atoms with Crippen molar-refractivity contribution in [1.82, 2.24) is 0 Å². The number of phenolic OH excluding ortho intramolecular Hbond substituents is 4. The second-order valence-electron chi connectivity index (χ2n) is 12.0. The molecule has 0 amide bonds. The van der Waals surface area contributed by atoms with Crippen molar-refractivity contribution in [2.75, 3.05) is 0 Å². The number of hydrogen-bond donors (Lipinski definition) is 4. The molecule has 40 heavy (non-hydrogen) atoms. The summed E-state index contributed by atoms with van der Waals surface area (Å²) in [7, 11) is 0. The summed E-state index contributed by atoms with van der Waals surface area (Å²) in [6, 6.07) is 21.6. The van der Waals surface area contributed by atoms with Crippen molar-refractivity contribution in [2.24, 2.45) is 10.8 Å². The topological polar surface area (TPSA) is 98.0 Å². The molecule has 5 heteroatoms. The number of aromatic hydroxyl groups is 4. The Morgan fingerprint density at radius 2 is 0.850 bits per heavy atom. The minimum absolute atomic E-state index is 0.0340. The van der Waals surface area contributed by atoms with Crippen molar-refractivity contribution in [2.45, 2.75) is 38.5 Å². The molecule has 0 saturated carbocycles. The molecule has 200 valence electrons. The van der Waals surface area contributed by atoms with E-state index in [2.05, 4.69) is 6.58 Å². The molecule has 0 fully saturated rings. The molecule has 2 unspecified atom stereocenters. The third-order valence-electron chi connectivity index (χ3n) is 9.42. The maximum absolute atomic E-state index is 12.7. The van der Waals surface area contributed by atoms with Gasteiger partial charge in [-0.3, -0.25) is 4.79 Å².